The Morgan fingerprint density at radius 1 is 1.33 bits per heavy atom. The predicted molar refractivity (Wildman–Crippen MR) is 71.6 cm³/mol. The van der Waals surface area contributed by atoms with Crippen LogP contribution in [-0.4, -0.2) is 55.3 Å². The Balaban J connectivity index is 1.41. The zero-order valence-corrected chi connectivity index (χ0v) is 11.0. The van der Waals surface area contributed by atoms with Gasteiger partial charge in [0.25, 0.3) is 0 Å². The van der Waals surface area contributed by atoms with E-state index in [4.69, 9.17) is 10.5 Å². The van der Waals surface area contributed by atoms with E-state index in [1.165, 1.54) is 32.1 Å². The van der Waals surface area contributed by atoms with Crippen LogP contribution in [0.1, 0.15) is 32.1 Å². The lowest BCUT2D eigenvalue weighted by atomic mass is 9.93. The minimum atomic E-state index is 0.223. The topological polar surface area (TPSA) is 62.9 Å². The maximum Gasteiger partial charge on any atom is 0.188 e. The second-order valence-corrected chi connectivity index (χ2v) is 5.72. The van der Waals surface area contributed by atoms with Crippen molar-refractivity contribution < 1.29 is 4.74 Å². The van der Waals surface area contributed by atoms with E-state index in [0.717, 1.165) is 25.7 Å². The molecule has 0 bridgehead atoms. The number of morpholine rings is 1. The number of guanidine groups is 1. The molecule has 18 heavy (non-hydrogen) atoms. The Labute approximate surface area is 109 Å². The number of aliphatic imine (C=N–C) groups is 1. The summed E-state index contributed by atoms with van der Waals surface area (Å²) in [6, 6.07) is 1.38. The fourth-order valence-electron chi connectivity index (χ4n) is 2.63. The maximum atomic E-state index is 5.88. The van der Waals surface area contributed by atoms with Gasteiger partial charge in [-0.2, -0.15) is 0 Å². The van der Waals surface area contributed by atoms with Crippen molar-refractivity contribution in [1.82, 2.24) is 10.2 Å². The molecule has 0 aromatic heterocycles. The minimum Gasteiger partial charge on any atom is -0.374 e. The summed E-state index contributed by atoms with van der Waals surface area (Å²) >= 11 is 0. The lowest BCUT2D eigenvalue weighted by Crippen LogP contribution is -2.46. The van der Waals surface area contributed by atoms with Crippen LogP contribution >= 0.6 is 0 Å². The molecule has 0 aromatic carbocycles. The number of nitrogens with zero attached hydrogens (tertiary/aromatic N) is 2. The van der Waals surface area contributed by atoms with Crippen LogP contribution in [-0.2, 0) is 4.74 Å². The molecule has 0 spiro atoms. The highest BCUT2D eigenvalue weighted by atomic mass is 16.5. The van der Waals surface area contributed by atoms with E-state index in [-0.39, 0.29) is 6.10 Å². The van der Waals surface area contributed by atoms with Gasteiger partial charge in [0.05, 0.1) is 19.3 Å². The standard InChI is InChI=1S/C13H24N4O/c14-13(16-10-2-1-3-10)15-8-12-9-17(6-7-18-12)11-4-5-11/h10-12H,1-9H2,(H3,14,15,16). The first-order chi connectivity index (χ1) is 8.81. The number of hydrogen-bond donors (Lipinski definition) is 2. The molecule has 3 aliphatic rings. The van der Waals surface area contributed by atoms with Crippen molar-refractivity contribution in [3.05, 3.63) is 0 Å². The first-order valence-corrected chi connectivity index (χ1v) is 7.23. The van der Waals surface area contributed by atoms with Crippen molar-refractivity contribution >= 4 is 5.96 Å². The van der Waals surface area contributed by atoms with Gasteiger partial charge in [-0.25, -0.2) is 0 Å². The maximum absolute atomic E-state index is 5.88. The average molecular weight is 252 g/mol. The Morgan fingerprint density at radius 3 is 2.83 bits per heavy atom. The van der Waals surface area contributed by atoms with Crippen molar-refractivity contribution in [1.29, 1.82) is 0 Å². The first-order valence-electron chi connectivity index (χ1n) is 7.23. The number of hydrogen-bond acceptors (Lipinski definition) is 3. The van der Waals surface area contributed by atoms with Crippen LogP contribution in [0.3, 0.4) is 0 Å². The molecule has 3 fully saturated rings. The summed E-state index contributed by atoms with van der Waals surface area (Å²) in [4.78, 5) is 6.96. The number of rotatable bonds is 4. The summed E-state index contributed by atoms with van der Waals surface area (Å²) in [5.41, 5.74) is 5.88. The normalized spacial score (nSPS) is 31.1. The smallest absolute Gasteiger partial charge is 0.188 e. The van der Waals surface area contributed by atoms with Crippen LogP contribution in [0.4, 0.5) is 0 Å². The second kappa shape index (κ2) is 5.45. The van der Waals surface area contributed by atoms with Crippen molar-refractivity contribution in [3.63, 3.8) is 0 Å². The van der Waals surface area contributed by atoms with E-state index < -0.39 is 0 Å². The fourth-order valence-corrected chi connectivity index (χ4v) is 2.63. The van der Waals surface area contributed by atoms with E-state index in [2.05, 4.69) is 15.2 Å². The lowest BCUT2D eigenvalue weighted by Gasteiger charge is -2.32. The third kappa shape index (κ3) is 3.14. The Hall–Kier alpha value is -0.810. The van der Waals surface area contributed by atoms with Gasteiger partial charge in [0.2, 0.25) is 0 Å². The van der Waals surface area contributed by atoms with Gasteiger partial charge in [0.1, 0.15) is 0 Å². The van der Waals surface area contributed by atoms with E-state index in [1.807, 2.05) is 0 Å². The predicted octanol–water partition coefficient (Wildman–Crippen LogP) is 0.306. The summed E-state index contributed by atoms with van der Waals surface area (Å²) in [7, 11) is 0. The van der Waals surface area contributed by atoms with Gasteiger partial charge in [-0.15, -0.1) is 0 Å². The van der Waals surface area contributed by atoms with E-state index in [9.17, 15) is 0 Å². The molecular weight excluding hydrogens is 228 g/mol. The van der Waals surface area contributed by atoms with Crippen molar-refractivity contribution in [2.24, 2.45) is 10.7 Å². The number of nitrogens with one attached hydrogen (secondary N) is 1. The third-order valence-corrected chi connectivity index (χ3v) is 4.16. The Morgan fingerprint density at radius 2 is 2.17 bits per heavy atom. The van der Waals surface area contributed by atoms with Crippen LogP contribution in [0.2, 0.25) is 0 Å². The van der Waals surface area contributed by atoms with Crippen molar-refractivity contribution in [2.45, 2.75) is 50.3 Å². The summed E-state index contributed by atoms with van der Waals surface area (Å²) in [5, 5.41) is 3.26. The van der Waals surface area contributed by atoms with E-state index in [0.29, 0.717) is 18.5 Å². The summed E-state index contributed by atoms with van der Waals surface area (Å²) in [6.45, 7) is 3.63. The highest BCUT2D eigenvalue weighted by Gasteiger charge is 2.32. The molecule has 1 aliphatic heterocycles. The van der Waals surface area contributed by atoms with Crippen molar-refractivity contribution in [3.8, 4) is 0 Å². The highest BCUT2D eigenvalue weighted by molar-refractivity contribution is 5.78. The molecule has 3 N–H and O–H groups in total. The van der Waals surface area contributed by atoms with Gasteiger partial charge in [-0.05, 0) is 32.1 Å². The molecule has 0 amide bonds. The first kappa shape index (κ1) is 12.2. The molecule has 102 valence electrons. The quantitative estimate of drug-likeness (QED) is 0.558. The van der Waals surface area contributed by atoms with E-state index in [1.54, 1.807) is 0 Å². The molecule has 2 saturated carbocycles. The van der Waals surface area contributed by atoms with E-state index >= 15 is 0 Å². The van der Waals surface area contributed by atoms with Crippen LogP contribution < -0.4 is 11.1 Å². The highest BCUT2D eigenvalue weighted by Crippen LogP contribution is 2.28. The lowest BCUT2D eigenvalue weighted by molar-refractivity contribution is -0.0259. The third-order valence-electron chi connectivity index (χ3n) is 4.16. The Kier molecular flexibility index (Phi) is 3.70. The molecule has 1 heterocycles. The monoisotopic (exact) mass is 252 g/mol. The zero-order chi connectivity index (χ0) is 12.4. The molecule has 2 aliphatic carbocycles. The van der Waals surface area contributed by atoms with Gasteiger partial charge in [0.15, 0.2) is 5.96 Å². The minimum absolute atomic E-state index is 0.223. The number of ether oxygens (including phenoxy) is 1. The Bertz CT molecular complexity index is 312. The van der Waals surface area contributed by atoms with Gasteiger partial charge < -0.3 is 15.8 Å². The molecule has 3 rings (SSSR count). The zero-order valence-electron chi connectivity index (χ0n) is 11.0. The van der Waals surface area contributed by atoms with Gasteiger partial charge >= 0.3 is 0 Å². The van der Waals surface area contributed by atoms with Crippen LogP contribution in [0.5, 0.6) is 0 Å². The van der Waals surface area contributed by atoms with Crippen LogP contribution in [0.25, 0.3) is 0 Å². The largest absolute Gasteiger partial charge is 0.374 e. The average Bonchev–Trinajstić information content (AvgIpc) is 3.16. The fraction of sp³-hybridized carbons (Fsp3) is 0.923. The molecule has 1 unspecified atom stereocenters. The van der Waals surface area contributed by atoms with Gasteiger partial charge in [0, 0.05) is 25.2 Å². The molecule has 1 atom stereocenters. The molecule has 5 heteroatoms. The van der Waals surface area contributed by atoms with Crippen molar-refractivity contribution in [2.75, 3.05) is 26.2 Å². The van der Waals surface area contributed by atoms with Gasteiger partial charge in [-0.1, -0.05) is 0 Å². The molecular formula is C13H24N4O. The van der Waals surface area contributed by atoms with Crippen LogP contribution in [0, 0.1) is 0 Å². The number of nitrogens with two attached hydrogens (primary N) is 1. The SMILES string of the molecule is NC(=NCC1CN(C2CC2)CCO1)NC1CCC1. The summed E-state index contributed by atoms with van der Waals surface area (Å²) < 4.78 is 5.75. The second-order valence-electron chi connectivity index (χ2n) is 5.72. The molecule has 1 saturated heterocycles. The van der Waals surface area contributed by atoms with Crippen LogP contribution in [0.15, 0.2) is 4.99 Å². The summed E-state index contributed by atoms with van der Waals surface area (Å²) in [5.74, 6) is 0.590. The van der Waals surface area contributed by atoms with Gasteiger partial charge in [-0.3, -0.25) is 9.89 Å². The molecule has 5 nitrogen and oxygen atoms in total. The molecule has 0 radical (unpaired) electrons. The molecule has 0 aromatic rings. The summed E-state index contributed by atoms with van der Waals surface area (Å²) in [6.07, 6.45) is 6.72.